The first-order chi connectivity index (χ1) is 14.1. The normalized spacial score (nSPS) is 14.1. The van der Waals surface area contributed by atoms with E-state index in [9.17, 15) is 26.3 Å². The Hall–Kier alpha value is -3.56. The monoisotopic (exact) mass is 422 g/mol. The van der Waals surface area contributed by atoms with Crippen molar-refractivity contribution in [3.05, 3.63) is 70.4 Å². The molecule has 4 nitrogen and oxygen atoms in total. The molecular weight excluding hydrogens is 414 g/mol. The molecule has 0 atom stereocenters. The van der Waals surface area contributed by atoms with Crippen LogP contribution >= 0.6 is 0 Å². The molecule has 2 aliphatic heterocycles. The number of hydrogen-bond donors (Lipinski definition) is 0. The summed E-state index contributed by atoms with van der Waals surface area (Å²) in [6.45, 7) is 0. The van der Waals surface area contributed by atoms with Crippen LogP contribution < -0.4 is 20.2 Å². The largest absolute Gasteiger partial charge is 0.453 e. The van der Waals surface area contributed by atoms with Crippen molar-refractivity contribution in [2.45, 2.75) is 12.4 Å². The van der Waals surface area contributed by atoms with Gasteiger partial charge >= 0.3 is 12.4 Å². The Bertz CT molecular complexity index is 1230. The fourth-order valence-corrected chi connectivity index (χ4v) is 3.11. The van der Waals surface area contributed by atoms with Crippen LogP contribution in [0.5, 0.6) is 23.0 Å². The van der Waals surface area contributed by atoms with E-state index in [0.717, 1.165) is 36.4 Å². The number of halogens is 6. The Morgan fingerprint density at radius 1 is 0.533 bits per heavy atom. The molecule has 3 aromatic rings. The van der Waals surface area contributed by atoms with E-state index in [4.69, 9.17) is 9.47 Å². The van der Waals surface area contributed by atoms with E-state index in [2.05, 4.69) is 9.98 Å². The highest BCUT2D eigenvalue weighted by molar-refractivity contribution is 5.60. The third kappa shape index (κ3) is 3.04. The summed E-state index contributed by atoms with van der Waals surface area (Å²) in [5.41, 5.74) is -1.73. The maximum atomic E-state index is 12.9. The Kier molecular flexibility index (Phi) is 3.68. The van der Waals surface area contributed by atoms with Crippen molar-refractivity contribution in [3.63, 3.8) is 0 Å². The number of ether oxygens (including phenoxy) is 2. The van der Waals surface area contributed by atoms with Crippen molar-refractivity contribution >= 4 is 11.4 Å². The molecule has 0 N–H and O–H groups in total. The van der Waals surface area contributed by atoms with Crippen molar-refractivity contribution in [1.29, 1.82) is 0 Å². The van der Waals surface area contributed by atoms with Crippen LogP contribution in [0.3, 0.4) is 0 Å². The molecule has 0 fully saturated rings. The zero-order chi connectivity index (χ0) is 21.3. The van der Waals surface area contributed by atoms with Gasteiger partial charge in [0.2, 0.25) is 0 Å². The zero-order valence-electron chi connectivity index (χ0n) is 14.6. The third-order valence-electron chi connectivity index (χ3n) is 4.53. The molecular formula is C20H8F6N2O2. The second-order valence-electron chi connectivity index (χ2n) is 6.58. The summed E-state index contributed by atoms with van der Waals surface area (Å²) in [7, 11) is 0. The van der Waals surface area contributed by atoms with Gasteiger partial charge in [-0.1, -0.05) is 0 Å². The number of alkyl halides is 6. The van der Waals surface area contributed by atoms with Gasteiger partial charge in [-0.05, 0) is 36.4 Å². The van der Waals surface area contributed by atoms with Crippen LogP contribution in [0.1, 0.15) is 11.1 Å². The predicted octanol–water partition coefficient (Wildman–Crippen LogP) is 5.84. The average Bonchev–Trinajstić information content (AvgIpc) is 2.66. The first-order valence-corrected chi connectivity index (χ1v) is 8.48. The van der Waals surface area contributed by atoms with Crippen LogP contribution in [0.25, 0.3) is 0 Å². The minimum absolute atomic E-state index is 0.000224. The highest BCUT2D eigenvalue weighted by Crippen LogP contribution is 2.41. The molecule has 0 bridgehead atoms. The van der Waals surface area contributed by atoms with E-state index in [1.807, 2.05) is 0 Å². The van der Waals surface area contributed by atoms with Crippen molar-refractivity contribution in [2.24, 2.45) is 9.98 Å². The quantitative estimate of drug-likeness (QED) is 0.295. The van der Waals surface area contributed by atoms with Crippen molar-refractivity contribution in [2.75, 3.05) is 0 Å². The van der Waals surface area contributed by atoms with Gasteiger partial charge in [0, 0.05) is 12.1 Å². The van der Waals surface area contributed by atoms with E-state index in [1.165, 1.54) is 12.1 Å². The summed E-state index contributed by atoms with van der Waals surface area (Å²) < 4.78 is 88.9. The molecule has 3 aromatic carbocycles. The molecule has 0 aromatic heterocycles. The number of nitrogens with zero attached hydrogens (tertiary/aromatic N) is 2. The lowest BCUT2D eigenvalue weighted by molar-refractivity contribution is -0.138. The lowest BCUT2D eigenvalue weighted by atomic mass is 10.1. The van der Waals surface area contributed by atoms with Crippen LogP contribution in [0.15, 0.2) is 58.5 Å². The molecule has 0 saturated heterocycles. The minimum Gasteiger partial charge on any atom is -0.453 e. The molecule has 5 rings (SSSR count). The lowest BCUT2D eigenvalue weighted by Crippen LogP contribution is -2.19. The van der Waals surface area contributed by atoms with E-state index < -0.39 is 23.5 Å². The summed E-state index contributed by atoms with van der Waals surface area (Å²) in [6.07, 6.45) is -9.05. The van der Waals surface area contributed by atoms with Crippen LogP contribution in [-0.2, 0) is 12.4 Å². The molecule has 0 aliphatic carbocycles. The van der Waals surface area contributed by atoms with Crippen molar-refractivity contribution in [1.82, 2.24) is 0 Å². The summed E-state index contributed by atoms with van der Waals surface area (Å²) in [4.78, 5) is 8.40. The second-order valence-corrected chi connectivity index (χ2v) is 6.58. The molecule has 0 unspecified atom stereocenters. The molecule has 2 aliphatic rings. The maximum Gasteiger partial charge on any atom is 0.416 e. The molecule has 10 heteroatoms. The smallest absolute Gasteiger partial charge is 0.416 e. The van der Waals surface area contributed by atoms with Crippen LogP contribution in [0.4, 0.5) is 37.7 Å². The topological polar surface area (TPSA) is 43.2 Å². The van der Waals surface area contributed by atoms with Gasteiger partial charge in [0.1, 0.15) is 22.1 Å². The molecule has 152 valence electrons. The molecule has 0 radical (unpaired) electrons. The van der Waals surface area contributed by atoms with Gasteiger partial charge in [-0.2, -0.15) is 26.3 Å². The summed E-state index contributed by atoms with van der Waals surface area (Å²) >= 11 is 0. The van der Waals surface area contributed by atoms with Gasteiger partial charge in [-0.3, -0.25) is 0 Å². The van der Waals surface area contributed by atoms with E-state index in [1.54, 1.807) is 0 Å². The predicted molar refractivity (Wildman–Crippen MR) is 91.1 cm³/mol. The second kappa shape index (κ2) is 5.97. The molecule has 0 amide bonds. The lowest BCUT2D eigenvalue weighted by Gasteiger charge is -2.19. The molecule has 30 heavy (non-hydrogen) atoms. The summed E-state index contributed by atoms with van der Waals surface area (Å²) in [5.74, 6) is 0.631. The highest BCUT2D eigenvalue weighted by atomic mass is 19.4. The fraction of sp³-hybridized carbons (Fsp3) is 0.100. The number of benzene rings is 3. The van der Waals surface area contributed by atoms with Gasteiger partial charge in [-0.25, -0.2) is 9.98 Å². The van der Waals surface area contributed by atoms with Gasteiger partial charge in [0.25, 0.3) is 0 Å². The number of hydrogen-bond acceptors (Lipinski definition) is 4. The highest BCUT2D eigenvalue weighted by Gasteiger charge is 2.33. The minimum atomic E-state index is -4.53. The Morgan fingerprint density at radius 3 is 1.30 bits per heavy atom. The van der Waals surface area contributed by atoms with Crippen LogP contribution in [0.2, 0.25) is 0 Å². The van der Waals surface area contributed by atoms with Gasteiger partial charge in [0.05, 0.1) is 11.1 Å². The standard InChI is InChI=1S/C20H8F6N2O2/c21-19(22,23)9-1-3-15-11(5-9)27-13-8-18-14(7-17(13)29-15)28-12-6-10(20(24,25)26)2-4-16(12)30-18/h1-8H. The van der Waals surface area contributed by atoms with Crippen molar-refractivity contribution in [3.8, 4) is 23.0 Å². The van der Waals surface area contributed by atoms with E-state index in [0.29, 0.717) is 0 Å². The Balaban J connectivity index is 1.62. The first-order valence-electron chi connectivity index (χ1n) is 8.48. The number of rotatable bonds is 0. The Morgan fingerprint density at radius 2 is 0.933 bits per heavy atom. The maximum absolute atomic E-state index is 12.9. The Labute approximate surface area is 163 Å². The molecule has 0 saturated carbocycles. The summed E-state index contributed by atoms with van der Waals surface area (Å²) in [6, 6.07) is 8.63. The number of fused-ring (bicyclic) bond motifs is 4. The fourth-order valence-electron chi connectivity index (χ4n) is 3.11. The van der Waals surface area contributed by atoms with Crippen LogP contribution in [0, 0.1) is 0 Å². The molecule has 0 spiro atoms. The van der Waals surface area contributed by atoms with E-state index >= 15 is 0 Å². The SMILES string of the molecule is FC(F)(F)c1ccc2c(c1)N=c1cc3c(cc1O2)=Nc1cc(C(F)(F)F)ccc1O3. The summed E-state index contributed by atoms with van der Waals surface area (Å²) in [5, 5.41) is 0.428. The van der Waals surface area contributed by atoms with Gasteiger partial charge < -0.3 is 9.47 Å². The first kappa shape index (κ1) is 18.5. The molecule has 2 heterocycles. The van der Waals surface area contributed by atoms with Crippen LogP contribution in [-0.4, -0.2) is 0 Å². The van der Waals surface area contributed by atoms with Crippen molar-refractivity contribution < 1.29 is 35.8 Å². The third-order valence-corrected chi connectivity index (χ3v) is 4.53. The zero-order valence-corrected chi connectivity index (χ0v) is 14.6. The van der Waals surface area contributed by atoms with E-state index in [-0.39, 0.29) is 45.1 Å². The van der Waals surface area contributed by atoms with Gasteiger partial charge in [-0.15, -0.1) is 0 Å². The van der Waals surface area contributed by atoms with Gasteiger partial charge in [0.15, 0.2) is 23.0 Å². The average molecular weight is 422 g/mol.